The molecule has 1 N–H and O–H groups in total. The zero-order chi connectivity index (χ0) is 12.6. The molecule has 0 fully saturated rings. The zero-order valence-electron chi connectivity index (χ0n) is 10.9. The smallest absolute Gasteiger partial charge is 0.00870 e. The van der Waals surface area contributed by atoms with Crippen LogP contribution in [0.2, 0.25) is 0 Å². The summed E-state index contributed by atoms with van der Waals surface area (Å²) >= 11 is 1.85. The van der Waals surface area contributed by atoms with Crippen LogP contribution >= 0.6 is 11.3 Å². The summed E-state index contributed by atoms with van der Waals surface area (Å²) in [5, 5.41) is 5.75. The number of hydrogen-bond acceptors (Lipinski definition) is 2. The van der Waals surface area contributed by atoms with Crippen LogP contribution in [-0.2, 0) is 12.8 Å². The molecular formula is C16H21NS. The zero-order valence-corrected chi connectivity index (χ0v) is 11.7. The molecule has 0 radical (unpaired) electrons. The molecule has 1 heterocycles. The van der Waals surface area contributed by atoms with Crippen LogP contribution in [0.5, 0.6) is 0 Å². The van der Waals surface area contributed by atoms with E-state index < -0.39 is 0 Å². The van der Waals surface area contributed by atoms with Crippen molar-refractivity contribution in [2.24, 2.45) is 0 Å². The van der Waals surface area contributed by atoms with E-state index in [1.165, 1.54) is 23.3 Å². The van der Waals surface area contributed by atoms with E-state index in [2.05, 4.69) is 60.1 Å². The minimum absolute atomic E-state index is 0.569. The monoisotopic (exact) mass is 259 g/mol. The van der Waals surface area contributed by atoms with Crippen LogP contribution in [0.15, 0.2) is 47.8 Å². The van der Waals surface area contributed by atoms with Crippen molar-refractivity contribution in [2.45, 2.75) is 32.2 Å². The third-order valence-electron chi connectivity index (χ3n) is 3.07. The van der Waals surface area contributed by atoms with Gasteiger partial charge in [0.1, 0.15) is 0 Å². The quantitative estimate of drug-likeness (QED) is 0.744. The average Bonchev–Trinajstić information content (AvgIpc) is 2.89. The van der Waals surface area contributed by atoms with Gasteiger partial charge in [-0.05, 0) is 49.7 Å². The SMILES string of the molecule is CC(Cc1cccs1)NCCCc1ccccc1. The molecule has 18 heavy (non-hydrogen) atoms. The molecule has 0 aliphatic rings. The number of thiophene rings is 1. The first-order chi connectivity index (χ1) is 8.84. The highest BCUT2D eigenvalue weighted by Gasteiger charge is 2.03. The molecule has 1 atom stereocenters. The molecule has 1 aromatic heterocycles. The van der Waals surface area contributed by atoms with Crippen molar-refractivity contribution in [1.82, 2.24) is 5.32 Å². The summed E-state index contributed by atoms with van der Waals surface area (Å²) < 4.78 is 0. The van der Waals surface area contributed by atoms with Crippen LogP contribution in [0.4, 0.5) is 0 Å². The maximum absolute atomic E-state index is 3.60. The molecule has 0 saturated heterocycles. The van der Waals surface area contributed by atoms with E-state index in [0.29, 0.717) is 6.04 Å². The van der Waals surface area contributed by atoms with E-state index in [1.807, 2.05) is 11.3 Å². The number of aryl methyl sites for hydroxylation is 1. The van der Waals surface area contributed by atoms with Gasteiger partial charge in [-0.25, -0.2) is 0 Å². The Morgan fingerprint density at radius 2 is 1.94 bits per heavy atom. The van der Waals surface area contributed by atoms with Crippen LogP contribution in [0.3, 0.4) is 0 Å². The molecule has 0 spiro atoms. The first-order valence-corrected chi connectivity index (χ1v) is 7.52. The minimum atomic E-state index is 0.569. The lowest BCUT2D eigenvalue weighted by molar-refractivity contribution is 0.537. The lowest BCUT2D eigenvalue weighted by atomic mass is 10.1. The molecule has 2 heteroatoms. The highest BCUT2D eigenvalue weighted by Crippen LogP contribution is 2.11. The van der Waals surface area contributed by atoms with Gasteiger partial charge < -0.3 is 5.32 Å². The molecule has 1 aromatic carbocycles. The van der Waals surface area contributed by atoms with Gasteiger partial charge in [-0.1, -0.05) is 36.4 Å². The van der Waals surface area contributed by atoms with Gasteiger partial charge in [0.25, 0.3) is 0 Å². The number of rotatable bonds is 7. The molecular weight excluding hydrogens is 238 g/mol. The first-order valence-electron chi connectivity index (χ1n) is 6.64. The Kier molecular flexibility index (Phi) is 5.43. The fraction of sp³-hybridized carbons (Fsp3) is 0.375. The Bertz CT molecular complexity index is 422. The van der Waals surface area contributed by atoms with Gasteiger partial charge in [0.15, 0.2) is 0 Å². The highest BCUT2D eigenvalue weighted by molar-refractivity contribution is 7.09. The van der Waals surface area contributed by atoms with E-state index in [4.69, 9.17) is 0 Å². The first kappa shape index (κ1) is 13.3. The second kappa shape index (κ2) is 7.34. The third-order valence-corrected chi connectivity index (χ3v) is 3.96. The Hall–Kier alpha value is -1.12. The summed E-state index contributed by atoms with van der Waals surface area (Å²) in [6.45, 7) is 3.36. The fourth-order valence-corrected chi connectivity index (χ4v) is 2.92. The van der Waals surface area contributed by atoms with E-state index in [0.717, 1.165) is 13.0 Å². The molecule has 0 aliphatic heterocycles. The maximum atomic E-state index is 3.60. The lowest BCUT2D eigenvalue weighted by Gasteiger charge is -2.12. The van der Waals surface area contributed by atoms with Gasteiger partial charge in [-0.15, -0.1) is 11.3 Å². The standard InChI is InChI=1S/C16H21NS/c1-14(13-16-10-6-12-18-16)17-11-5-9-15-7-3-2-4-8-15/h2-4,6-8,10,12,14,17H,5,9,11,13H2,1H3. The fourth-order valence-electron chi connectivity index (χ4n) is 2.09. The predicted molar refractivity (Wildman–Crippen MR) is 80.3 cm³/mol. The van der Waals surface area contributed by atoms with Crippen LogP contribution in [0.1, 0.15) is 23.8 Å². The van der Waals surface area contributed by atoms with Crippen molar-refractivity contribution in [2.75, 3.05) is 6.54 Å². The summed E-state index contributed by atoms with van der Waals surface area (Å²) in [5.74, 6) is 0. The van der Waals surface area contributed by atoms with Crippen molar-refractivity contribution in [1.29, 1.82) is 0 Å². The molecule has 0 aliphatic carbocycles. The highest BCUT2D eigenvalue weighted by atomic mass is 32.1. The van der Waals surface area contributed by atoms with Gasteiger partial charge in [0, 0.05) is 10.9 Å². The van der Waals surface area contributed by atoms with Crippen molar-refractivity contribution in [3.8, 4) is 0 Å². The van der Waals surface area contributed by atoms with Crippen molar-refractivity contribution in [3.63, 3.8) is 0 Å². The van der Waals surface area contributed by atoms with E-state index in [1.54, 1.807) is 0 Å². The summed E-state index contributed by atoms with van der Waals surface area (Å²) in [5.41, 5.74) is 1.44. The van der Waals surface area contributed by atoms with E-state index in [-0.39, 0.29) is 0 Å². The molecule has 1 unspecified atom stereocenters. The number of hydrogen-bond donors (Lipinski definition) is 1. The Morgan fingerprint density at radius 3 is 2.67 bits per heavy atom. The number of benzene rings is 1. The molecule has 2 rings (SSSR count). The number of nitrogens with one attached hydrogen (secondary N) is 1. The molecule has 0 saturated carbocycles. The van der Waals surface area contributed by atoms with E-state index >= 15 is 0 Å². The second-order valence-electron chi connectivity index (χ2n) is 4.73. The maximum Gasteiger partial charge on any atom is 0.00870 e. The Balaban J connectivity index is 1.60. The topological polar surface area (TPSA) is 12.0 Å². The molecule has 96 valence electrons. The molecule has 2 aromatic rings. The van der Waals surface area contributed by atoms with Gasteiger partial charge in [0.05, 0.1) is 0 Å². The largest absolute Gasteiger partial charge is 0.314 e. The van der Waals surface area contributed by atoms with Gasteiger partial charge in [-0.2, -0.15) is 0 Å². The molecule has 0 bridgehead atoms. The molecule has 0 amide bonds. The van der Waals surface area contributed by atoms with Crippen LogP contribution in [0, 0.1) is 0 Å². The summed E-state index contributed by atoms with van der Waals surface area (Å²) in [4.78, 5) is 1.47. The molecule has 1 nitrogen and oxygen atoms in total. The third kappa shape index (κ3) is 4.63. The van der Waals surface area contributed by atoms with Gasteiger partial charge in [-0.3, -0.25) is 0 Å². The normalized spacial score (nSPS) is 12.5. The van der Waals surface area contributed by atoms with Crippen molar-refractivity contribution in [3.05, 3.63) is 58.3 Å². The van der Waals surface area contributed by atoms with Crippen LogP contribution < -0.4 is 5.32 Å². The predicted octanol–water partition coefficient (Wildman–Crippen LogP) is 3.90. The second-order valence-corrected chi connectivity index (χ2v) is 5.76. The van der Waals surface area contributed by atoms with Crippen LogP contribution in [-0.4, -0.2) is 12.6 Å². The summed E-state index contributed by atoms with van der Waals surface area (Å²) in [7, 11) is 0. The van der Waals surface area contributed by atoms with Crippen molar-refractivity contribution < 1.29 is 0 Å². The van der Waals surface area contributed by atoms with Gasteiger partial charge in [0.2, 0.25) is 0 Å². The summed E-state index contributed by atoms with van der Waals surface area (Å²) in [6.07, 6.45) is 3.52. The average molecular weight is 259 g/mol. The Morgan fingerprint density at radius 1 is 1.11 bits per heavy atom. The van der Waals surface area contributed by atoms with Gasteiger partial charge >= 0.3 is 0 Å². The summed E-state index contributed by atoms with van der Waals surface area (Å²) in [6, 6.07) is 15.6. The van der Waals surface area contributed by atoms with Crippen molar-refractivity contribution >= 4 is 11.3 Å². The van der Waals surface area contributed by atoms with Crippen LogP contribution in [0.25, 0.3) is 0 Å². The lowest BCUT2D eigenvalue weighted by Crippen LogP contribution is -2.28. The van der Waals surface area contributed by atoms with E-state index in [9.17, 15) is 0 Å². The Labute approximate surface area is 114 Å². The minimum Gasteiger partial charge on any atom is -0.314 e.